The van der Waals surface area contributed by atoms with E-state index in [0.717, 1.165) is 37.4 Å². The van der Waals surface area contributed by atoms with E-state index in [1.165, 1.54) is 5.56 Å². The summed E-state index contributed by atoms with van der Waals surface area (Å²) in [5.74, 6) is 1.97. The van der Waals surface area contributed by atoms with Crippen LogP contribution >= 0.6 is 0 Å². The summed E-state index contributed by atoms with van der Waals surface area (Å²) in [6, 6.07) is 0.282. The monoisotopic (exact) mass is 280 g/mol. The summed E-state index contributed by atoms with van der Waals surface area (Å²) in [4.78, 5) is 11.1. The third-order valence-corrected chi connectivity index (χ3v) is 3.37. The largest absolute Gasteiger partial charge is 0.383 e. The second-order valence-corrected chi connectivity index (χ2v) is 5.12. The summed E-state index contributed by atoms with van der Waals surface area (Å²) in [5, 5.41) is 3.40. The Kier molecular flexibility index (Phi) is 7.30. The van der Waals surface area contributed by atoms with Crippen molar-refractivity contribution in [1.82, 2.24) is 9.97 Å². The Bertz CT molecular complexity index is 397. The first-order chi connectivity index (χ1) is 9.65. The Morgan fingerprint density at radius 2 is 2.05 bits per heavy atom. The molecule has 0 aliphatic rings. The molecule has 1 heterocycles. The molecular formula is C15H28N4O. The molecule has 5 nitrogen and oxygen atoms in total. The van der Waals surface area contributed by atoms with E-state index in [9.17, 15) is 0 Å². The molecule has 0 amide bonds. The van der Waals surface area contributed by atoms with Crippen molar-refractivity contribution in [3.63, 3.8) is 0 Å². The number of nitrogens with one attached hydrogen (secondary N) is 1. The van der Waals surface area contributed by atoms with Gasteiger partial charge in [0.15, 0.2) is 0 Å². The zero-order valence-electron chi connectivity index (χ0n) is 13.4. The lowest BCUT2D eigenvalue weighted by Crippen LogP contribution is -2.34. The number of hydrogen-bond donors (Lipinski definition) is 1. The molecule has 5 heteroatoms. The summed E-state index contributed by atoms with van der Waals surface area (Å²) >= 11 is 0. The second-order valence-electron chi connectivity index (χ2n) is 5.12. The Morgan fingerprint density at radius 1 is 1.30 bits per heavy atom. The van der Waals surface area contributed by atoms with Gasteiger partial charge < -0.3 is 15.0 Å². The highest BCUT2D eigenvalue weighted by atomic mass is 16.5. The van der Waals surface area contributed by atoms with Crippen LogP contribution < -0.4 is 10.2 Å². The number of rotatable bonds is 9. The standard InChI is InChI=1S/C15H28N4O/c1-6-8-13-14(16-9-7-2)17-11-18-15(13)19(4)12(3)10-20-5/h11-12H,6-10H2,1-5H3,(H,16,17,18). The predicted molar refractivity (Wildman–Crippen MR) is 84.5 cm³/mol. The van der Waals surface area contributed by atoms with Crippen molar-refractivity contribution >= 4 is 11.6 Å². The number of anilines is 2. The zero-order chi connectivity index (χ0) is 15.0. The van der Waals surface area contributed by atoms with E-state index >= 15 is 0 Å². The van der Waals surface area contributed by atoms with Crippen molar-refractivity contribution in [3.05, 3.63) is 11.9 Å². The third kappa shape index (κ3) is 4.34. The van der Waals surface area contributed by atoms with Crippen LogP contribution in [0.15, 0.2) is 6.33 Å². The molecule has 1 aromatic heterocycles. The molecule has 0 saturated heterocycles. The minimum absolute atomic E-state index is 0.282. The molecule has 1 rings (SSSR count). The number of hydrogen-bond acceptors (Lipinski definition) is 5. The molecule has 0 aliphatic carbocycles. The van der Waals surface area contributed by atoms with Gasteiger partial charge in [0.05, 0.1) is 12.6 Å². The fourth-order valence-electron chi connectivity index (χ4n) is 2.14. The highest BCUT2D eigenvalue weighted by Gasteiger charge is 2.17. The first-order valence-electron chi connectivity index (χ1n) is 7.45. The van der Waals surface area contributed by atoms with Crippen molar-refractivity contribution in [2.45, 2.75) is 46.1 Å². The third-order valence-electron chi connectivity index (χ3n) is 3.37. The Labute approximate surface area is 122 Å². The van der Waals surface area contributed by atoms with Gasteiger partial charge in [-0.3, -0.25) is 0 Å². The van der Waals surface area contributed by atoms with Gasteiger partial charge in [0, 0.05) is 26.3 Å². The molecule has 114 valence electrons. The highest BCUT2D eigenvalue weighted by Crippen LogP contribution is 2.25. The molecule has 0 bridgehead atoms. The summed E-state index contributed by atoms with van der Waals surface area (Å²) < 4.78 is 5.24. The smallest absolute Gasteiger partial charge is 0.137 e. The number of likely N-dealkylation sites (N-methyl/N-ethyl adjacent to an activating group) is 1. The van der Waals surface area contributed by atoms with E-state index in [1.54, 1.807) is 13.4 Å². The predicted octanol–water partition coefficient (Wildman–Crippen LogP) is 2.72. The average Bonchev–Trinajstić information content (AvgIpc) is 2.45. The van der Waals surface area contributed by atoms with Crippen molar-refractivity contribution in [2.75, 3.05) is 37.5 Å². The Balaban J connectivity index is 3.03. The Hall–Kier alpha value is -1.36. The van der Waals surface area contributed by atoms with Gasteiger partial charge in [-0.1, -0.05) is 20.3 Å². The second kappa shape index (κ2) is 8.74. The van der Waals surface area contributed by atoms with Crippen molar-refractivity contribution in [2.24, 2.45) is 0 Å². The summed E-state index contributed by atoms with van der Waals surface area (Å²) in [5.41, 5.74) is 1.20. The summed E-state index contributed by atoms with van der Waals surface area (Å²) in [6.45, 7) is 8.09. The van der Waals surface area contributed by atoms with Crippen LogP contribution in [0.3, 0.4) is 0 Å². The fourth-order valence-corrected chi connectivity index (χ4v) is 2.14. The van der Waals surface area contributed by atoms with Gasteiger partial charge in [0.1, 0.15) is 18.0 Å². The maximum atomic E-state index is 5.24. The van der Waals surface area contributed by atoms with Gasteiger partial charge in [0.25, 0.3) is 0 Å². The van der Waals surface area contributed by atoms with Crippen LogP contribution in [0.4, 0.5) is 11.6 Å². The van der Waals surface area contributed by atoms with Crippen molar-refractivity contribution in [3.8, 4) is 0 Å². The molecule has 0 fully saturated rings. The zero-order valence-corrected chi connectivity index (χ0v) is 13.4. The lowest BCUT2D eigenvalue weighted by Gasteiger charge is -2.28. The minimum Gasteiger partial charge on any atom is -0.383 e. The molecule has 0 spiro atoms. The molecule has 1 atom stereocenters. The number of aromatic nitrogens is 2. The first-order valence-corrected chi connectivity index (χ1v) is 7.45. The van der Waals surface area contributed by atoms with E-state index in [1.807, 2.05) is 0 Å². The molecule has 0 aliphatic heterocycles. The topological polar surface area (TPSA) is 50.3 Å². The van der Waals surface area contributed by atoms with Crippen molar-refractivity contribution in [1.29, 1.82) is 0 Å². The van der Waals surface area contributed by atoms with Gasteiger partial charge in [-0.2, -0.15) is 0 Å². The minimum atomic E-state index is 0.282. The van der Waals surface area contributed by atoms with Crippen LogP contribution in [0.1, 0.15) is 39.2 Å². The van der Waals surface area contributed by atoms with Crippen LogP contribution in [0.25, 0.3) is 0 Å². The van der Waals surface area contributed by atoms with Gasteiger partial charge >= 0.3 is 0 Å². The van der Waals surface area contributed by atoms with Crippen LogP contribution in [0.5, 0.6) is 0 Å². The van der Waals surface area contributed by atoms with Crippen LogP contribution in [-0.4, -0.2) is 43.3 Å². The molecule has 1 unspecified atom stereocenters. The van der Waals surface area contributed by atoms with Crippen LogP contribution in [-0.2, 0) is 11.2 Å². The molecule has 0 aromatic carbocycles. The molecule has 0 saturated carbocycles. The van der Waals surface area contributed by atoms with E-state index in [-0.39, 0.29) is 6.04 Å². The first kappa shape index (κ1) is 16.7. The lowest BCUT2D eigenvalue weighted by molar-refractivity contribution is 0.183. The fraction of sp³-hybridized carbons (Fsp3) is 0.733. The molecular weight excluding hydrogens is 252 g/mol. The van der Waals surface area contributed by atoms with E-state index in [2.05, 4.69) is 48.0 Å². The maximum Gasteiger partial charge on any atom is 0.137 e. The molecule has 0 radical (unpaired) electrons. The van der Waals surface area contributed by atoms with Crippen molar-refractivity contribution < 1.29 is 4.74 Å². The van der Waals surface area contributed by atoms with Gasteiger partial charge in [-0.15, -0.1) is 0 Å². The SMILES string of the molecule is CCCNc1ncnc(N(C)C(C)COC)c1CCC. The lowest BCUT2D eigenvalue weighted by atomic mass is 10.1. The molecule has 1 N–H and O–H groups in total. The molecule has 20 heavy (non-hydrogen) atoms. The number of methoxy groups -OCH3 is 1. The summed E-state index contributed by atoms with van der Waals surface area (Å²) in [7, 11) is 3.79. The maximum absolute atomic E-state index is 5.24. The van der Waals surface area contributed by atoms with Gasteiger partial charge in [-0.05, 0) is 19.8 Å². The van der Waals surface area contributed by atoms with Crippen LogP contribution in [0, 0.1) is 0 Å². The number of ether oxygens (including phenoxy) is 1. The van der Waals surface area contributed by atoms with E-state index in [0.29, 0.717) is 6.61 Å². The van der Waals surface area contributed by atoms with Gasteiger partial charge in [0.2, 0.25) is 0 Å². The molecule has 1 aromatic rings. The van der Waals surface area contributed by atoms with Gasteiger partial charge in [-0.25, -0.2) is 9.97 Å². The highest BCUT2D eigenvalue weighted by molar-refractivity contribution is 5.59. The van der Waals surface area contributed by atoms with E-state index < -0.39 is 0 Å². The van der Waals surface area contributed by atoms with E-state index in [4.69, 9.17) is 4.74 Å². The number of nitrogens with zero attached hydrogens (tertiary/aromatic N) is 3. The van der Waals surface area contributed by atoms with Crippen LogP contribution in [0.2, 0.25) is 0 Å². The Morgan fingerprint density at radius 3 is 2.65 bits per heavy atom. The summed E-state index contributed by atoms with van der Waals surface area (Å²) in [6.07, 6.45) is 4.78. The normalized spacial score (nSPS) is 12.2. The average molecular weight is 280 g/mol. The quantitative estimate of drug-likeness (QED) is 0.753.